The van der Waals surface area contributed by atoms with Crippen LogP contribution in [0, 0.1) is 6.92 Å². The highest BCUT2D eigenvalue weighted by molar-refractivity contribution is 5.79. The summed E-state index contributed by atoms with van der Waals surface area (Å²) in [5, 5.41) is 17.3. The monoisotopic (exact) mass is 198 g/mol. The van der Waals surface area contributed by atoms with Crippen LogP contribution in [0.5, 0.6) is 0 Å². The van der Waals surface area contributed by atoms with Gasteiger partial charge in [0.25, 0.3) is 0 Å². The Bertz CT molecular complexity index is 358. The molecule has 1 atom stereocenters. The summed E-state index contributed by atoms with van der Waals surface area (Å²) in [7, 11) is 0. The number of imidazole rings is 1. The van der Waals surface area contributed by atoms with Gasteiger partial charge in [0.1, 0.15) is 11.9 Å². The van der Waals surface area contributed by atoms with Crippen LogP contribution in [-0.2, 0) is 9.59 Å². The molecule has 0 unspecified atom stereocenters. The summed E-state index contributed by atoms with van der Waals surface area (Å²) in [6.07, 6.45) is 2.44. The minimum absolute atomic E-state index is 0.452. The average molecular weight is 198 g/mol. The molecule has 1 heterocycles. The number of aryl methyl sites for hydroxylation is 1. The van der Waals surface area contributed by atoms with Crippen LogP contribution in [0.2, 0.25) is 0 Å². The Morgan fingerprint density at radius 3 is 2.57 bits per heavy atom. The maximum absolute atomic E-state index is 10.8. The molecule has 0 aromatic carbocycles. The van der Waals surface area contributed by atoms with E-state index in [9.17, 15) is 9.59 Å². The van der Waals surface area contributed by atoms with Crippen molar-refractivity contribution in [2.24, 2.45) is 0 Å². The number of aliphatic carboxylic acids is 2. The van der Waals surface area contributed by atoms with Crippen molar-refractivity contribution in [2.75, 3.05) is 0 Å². The smallest absolute Gasteiger partial charge is 0.327 e. The van der Waals surface area contributed by atoms with Crippen molar-refractivity contribution in [1.29, 1.82) is 0 Å². The number of rotatable bonds is 4. The number of nitrogens with zero attached hydrogens (tertiary/aromatic N) is 2. The van der Waals surface area contributed by atoms with Crippen molar-refractivity contribution in [3.05, 3.63) is 18.2 Å². The minimum Gasteiger partial charge on any atom is -0.481 e. The van der Waals surface area contributed by atoms with Crippen LogP contribution < -0.4 is 0 Å². The third-order valence-electron chi connectivity index (χ3n) is 1.85. The molecule has 0 fully saturated rings. The highest BCUT2D eigenvalue weighted by Gasteiger charge is 2.23. The van der Waals surface area contributed by atoms with Gasteiger partial charge in [0.2, 0.25) is 0 Å². The molecule has 2 N–H and O–H groups in total. The Balaban J connectivity index is 2.94. The lowest BCUT2D eigenvalue weighted by atomic mass is 10.2. The highest BCUT2D eigenvalue weighted by atomic mass is 16.4. The van der Waals surface area contributed by atoms with Gasteiger partial charge in [0.15, 0.2) is 0 Å². The molecular formula is C8H10N2O4. The van der Waals surface area contributed by atoms with Crippen LogP contribution in [0.15, 0.2) is 12.4 Å². The van der Waals surface area contributed by atoms with Crippen LogP contribution in [0.4, 0.5) is 0 Å². The predicted molar refractivity (Wildman–Crippen MR) is 45.9 cm³/mol. The fraction of sp³-hybridized carbons (Fsp3) is 0.375. The lowest BCUT2D eigenvalue weighted by molar-refractivity contribution is -0.147. The second-order valence-corrected chi connectivity index (χ2v) is 2.83. The third-order valence-corrected chi connectivity index (χ3v) is 1.85. The zero-order chi connectivity index (χ0) is 10.7. The number of hydrogen-bond acceptors (Lipinski definition) is 3. The van der Waals surface area contributed by atoms with Gasteiger partial charge in [-0.15, -0.1) is 0 Å². The summed E-state index contributed by atoms with van der Waals surface area (Å²) in [5.74, 6) is -1.84. The summed E-state index contributed by atoms with van der Waals surface area (Å²) in [4.78, 5) is 25.0. The largest absolute Gasteiger partial charge is 0.481 e. The molecule has 1 aromatic heterocycles. The number of hydrogen-bond donors (Lipinski definition) is 2. The van der Waals surface area contributed by atoms with Gasteiger partial charge in [-0.05, 0) is 6.92 Å². The first-order chi connectivity index (χ1) is 6.52. The first-order valence-electron chi connectivity index (χ1n) is 3.96. The maximum atomic E-state index is 10.8. The topological polar surface area (TPSA) is 92.4 Å². The molecule has 6 nitrogen and oxygen atoms in total. The highest BCUT2D eigenvalue weighted by Crippen LogP contribution is 2.13. The summed E-state index contributed by atoms with van der Waals surface area (Å²) < 4.78 is 1.33. The Labute approximate surface area is 79.8 Å². The molecule has 0 aliphatic carbocycles. The predicted octanol–water partition coefficient (Wildman–Crippen LogP) is 0.292. The van der Waals surface area contributed by atoms with Gasteiger partial charge >= 0.3 is 11.9 Å². The molecule has 0 saturated carbocycles. The number of carboxylic acids is 2. The van der Waals surface area contributed by atoms with E-state index in [0.717, 1.165) is 0 Å². The van der Waals surface area contributed by atoms with E-state index in [1.807, 2.05) is 0 Å². The van der Waals surface area contributed by atoms with Crippen LogP contribution >= 0.6 is 0 Å². The second kappa shape index (κ2) is 3.91. The van der Waals surface area contributed by atoms with Crippen molar-refractivity contribution in [1.82, 2.24) is 9.55 Å². The van der Waals surface area contributed by atoms with Gasteiger partial charge in [-0.3, -0.25) is 4.79 Å². The van der Waals surface area contributed by atoms with Crippen molar-refractivity contribution in [2.45, 2.75) is 19.4 Å². The van der Waals surface area contributed by atoms with Crippen molar-refractivity contribution >= 4 is 11.9 Å². The second-order valence-electron chi connectivity index (χ2n) is 2.83. The Morgan fingerprint density at radius 2 is 2.21 bits per heavy atom. The maximum Gasteiger partial charge on any atom is 0.327 e. The average Bonchev–Trinajstić information content (AvgIpc) is 2.46. The first-order valence-corrected chi connectivity index (χ1v) is 3.96. The van der Waals surface area contributed by atoms with Crippen molar-refractivity contribution < 1.29 is 19.8 Å². The molecule has 6 heteroatoms. The molecule has 14 heavy (non-hydrogen) atoms. The Morgan fingerprint density at radius 1 is 1.57 bits per heavy atom. The number of carbonyl (C=O) groups is 2. The zero-order valence-electron chi connectivity index (χ0n) is 7.54. The first kappa shape index (κ1) is 10.2. The molecule has 76 valence electrons. The normalized spacial score (nSPS) is 12.4. The van der Waals surface area contributed by atoms with Crippen molar-refractivity contribution in [3.63, 3.8) is 0 Å². The SMILES string of the molecule is Cc1nccn1[C@H](CC(=O)O)C(=O)O. The minimum atomic E-state index is -1.17. The molecule has 0 aliphatic rings. The van der Waals surface area contributed by atoms with Crippen LogP contribution in [0.1, 0.15) is 18.3 Å². The Hall–Kier alpha value is -1.85. The van der Waals surface area contributed by atoms with E-state index in [1.54, 1.807) is 6.92 Å². The zero-order valence-corrected chi connectivity index (χ0v) is 7.54. The third kappa shape index (κ3) is 2.09. The van der Waals surface area contributed by atoms with E-state index in [2.05, 4.69) is 4.98 Å². The standard InChI is InChI=1S/C8H10N2O4/c1-5-9-2-3-10(5)6(8(13)14)4-7(11)12/h2-3,6H,4H2,1H3,(H,11,12)(H,13,14)/t6-/m1/s1. The van der Waals surface area contributed by atoms with E-state index < -0.39 is 24.4 Å². The lowest BCUT2D eigenvalue weighted by Crippen LogP contribution is -2.22. The molecule has 0 radical (unpaired) electrons. The van der Waals surface area contributed by atoms with Gasteiger partial charge in [-0.1, -0.05) is 0 Å². The van der Waals surface area contributed by atoms with Crippen LogP contribution in [0.3, 0.4) is 0 Å². The molecule has 0 amide bonds. The fourth-order valence-electron chi connectivity index (χ4n) is 1.19. The molecule has 0 bridgehead atoms. The summed E-state index contributed by atoms with van der Waals surface area (Å²) in [6.45, 7) is 1.62. The van der Waals surface area contributed by atoms with E-state index in [4.69, 9.17) is 10.2 Å². The van der Waals surface area contributed by atoms with Gasteiger partial charge in [0.05, 0.1) is 6.42 Å². The molecule has 0 saturated heterocycles. The Kier molecular flexibility index (Phi) is 2.85. The number of carboxylic acid groups (broad SMARTS) is 2. The molecular weight excluding hydrogens is 188 g/mol. The van der Waals surface area contributed by atoms with Gasteiger partial charge in [-0.25, -0.2) is 9.78 Å². The van der Waals surface area contributed by atoms with Gasteiger partial charge in [0, 0.05) is 12.4 Å². The van der Waals surface area contributed by atoms with E-state index in [1.165, 1.54) is 17.0 Å². The fourth-order valence-corrected chi connectivity index (χ4v) is 1.19. The molecule has 0 spiro atoms. The summed E-state index contributed by atoms with van der Waals surface area (Å²) >= 11 is 0. The summed E-state index contributed by atoms with van der Waals surface area (Å²) in [6, 6.07) is -1.09. The van der Waals surface area contributed by atoms with Crippen molar-refractivity contribution in [3.8, 4) is 0 Å². The number of aromatic nitrogens is 2. The quantitative estimate of drug-likeness (QED) is 0.725. The molecule has 1 rings (SSSR count). The van der Waals surface area contributed by atoms with Crippen LogP contribution in [-0.4, -0.2) is 31.7 Å². The summed E-state index contributed by atoms with van der Waals surface area (Å²) in [5.41, 5.74) is 0. The van der Waals surface area contributed by atoms with Gasteiger partial charge < -0.3 is 14.8 Å². The van der Waals surface area contributed by atoms with E-state index in [-0.39, 0.29) is 0 Å². The molecule has 1 aromatic rings. The van der Waals surface area contributed by atoms with Crippen LogP contribution in [0.25, 0.3) is 0 Å². The lowest BCUT2D eigenvalue weighted by Gasteiger charge is -2.12. The van der Waals surface area contributed by atoms with E-state index >= 15 is 0 Å². The van der Waals surface area contributed by atoms with E-state index in [0.29, 0.717) is 5.82 Å². The molecule has 0 aliphatic heterocycles. The van der Waals surface area contributed by atoms with Gasteiger partial charge in [-0.2, -0.15) is 0 Å².